The van der Waals surface area contributed by atoms with E-state index in [1.807, 2.05) is 62.3 Å². The molecule has 0 spiro atoms. The summed E-state index contributed by atoms with van der Waals surface area (Å²) in [7, 11) is -12.1. The number of hydrogen-bond donors (Lipinski definition) is 1. The van der Waals surface area contributed by atoms with Crippen LogP contribution in [-0.2, 0) is 88.7 Å². The molecule has 0 aromatic rings. The van der Waals surface area contributed by atoms with Crippen LogP contribution in [0.3, 0.4) is 0 Å². The molecule has 502 valence electrons. The van der Waals surface area contributed by atoms with Gasteiger partial charge in [0, 0.05) is 23.0 Å². The molecule has 1 N–H and O–H groups in total. The number of hydroxylamine groups is 6. The Morgan fingerprint density at radius 3 is 0.882 bits per heavy atom. The number of esters is 3. The van der Waals surface area contributed by atoms with Crippen molar-refractivity contribution in [2.24, 2.45) is 22.2 Å². The molecule has 1 saturated heterocycles. The number of hydrogen-bond acceptors (Lipinski definition) is 23. The van der Waals surface area contributed by atoms with Gasteiger partial charge in [0.05, 0.1) is 39.6 Å². The second-order valence-electron chi connectivity index (χ2n) is 27.9. The third-order valence-corrected chi connectivity index (χ3v) is 21.7. The van der Waals surface area contributed by atoms with E-state index < -0.39 is 147 Å². The number of piperidine rings is 1. The van der Waals surface area contributed by atoms with Gasteiger partial charge in [0.15, 0.2) is 18.3 Å². The molecule has 0 aliphatic carbocycles. The number of carbonyl (C=O) groups excluding carboxylic acids is 4. The minimum Gasteiger partial charge on any atom is -0.461 e. The van der Waals surface area contributed by atoms with E-state index in [1.54, 1.807) is 111 Å². The maximum Gasteiger partial charge on any atom is 0.350 e. The van der Waals surface area contributed by atoms with Gasteiger partial charge in [-0.05, 0) is 153 Å². The Hall–Kier alpha value is -1.95. The second-order valence-corrected chi connectivity index (χ2v) is 34.2. The number of ether oxygens (including phenoxy) is 3. The van der Waals surface area contributed by atoms with Crippen molar-refractivity contribution in [1.29, 1.82) is 0 Å². The summed E-state index contributed by atoms with van der Waals surface area (Å²) < 4.78 is 97.7. The molecule has 0 bridgehead atoms. The number of amides is 1. The molecular formula is C58H115N4O20P3. The van der Waals surface area contributed by atoms with Crippen LogP contribution in [0.25, 0.3) is 0 Å². The van der Waals surface area contributed by atoms with Crippen molar-refractivity contribution in [2.75, 3.05) is 59.5 Å². The average molecular weight is 1280 g/mol. The van der Waals surface area contributed by atoms with Crippen LogP contribution in [0.4, 0.5) is 0 Å². The second kappa shape index (κ2) is 32.4. The summed E-state index contributed by atoms with van der Waals surface area (Å²) in [4.78, 5) is 78.9. The molecule has 1 aliphatic heterocycles. The smallest absolute Gasteiger partial charge is 0.350 e. The first-order valence-corrected chi connectivity index (χ1v) is 34.9. The number of aliphatic hydroxyl groups is 1. The zero-order chi connectivity index (χ0) is 66.5. The largest absolute Gasteiger partial charge is 0.461 e. The number of nitrogens with zero attached hydrogens (tertiary/aromatic N) is 4. The first-order chi connectivity index (χ1) is 38.5. The predicted molar refractivity (Wildman–Crippen MR) is 326 cm³/mol. The average Bonchev–Trinajstić information content (AvgIpc) is 2.14. The molecule has 27 heteroatoms. The lowest BCUT2D eigenvalue weighted by atomic mass is 9.90. The van der Waals surface area contributed by atoms with Crippen LogP contribution in [0.2, 0.25) is 0 Å². The summed E-state index contributed by atoms with van der Waals surface area (Å²) in [5.74, 6) is -7.34. The molecule has 1 rings (SSSR count). The van der Waals surface area contributed by atoms with Gasteiger partial charge in [-0.2, -0.15) is 15.2 Å². The van der Waals surface area contributed by atoms with Gasteiger partial charge < -0.3 is 51.4 Å². The fraction of sp³-hybridized carbons (Fsp3) is 0.931. The molecule has 1 aliphatic rings. The Balaban J connectivity index is 4.31. The van der Waals surface area contributed by atoms with Gasteiger partial charge in [-0.25, -0.2) is 14.4 Å². The van der Waals surface area contributed by atoms with E-state index in [4.69, 9.17) is 55.9 Å². The van der Waals surface area contributed by atoms with Gasteiger partial charge in [-0.3, -0.25) is 33.0 Å². The highest BCUT2D eigenvalue weighted by atomic mass is 31.2. The Kier molecular flexibility index (Phi) is 30.9. The lowest BCUT2D eigenvalue weighted by molar-refractivity contribution is -0.268. The zero-order valence-corrected chi connectivity index (χ0v) is 59.9. The quantitative estimate of drug-likeness (QED) is 0.0271. The summed E-state index contributed by atoms with van der Waals surface area (Å²) in [6, 6.07) is 0. The van der Waals surface area contributed by atoms with Crippen LogP contribution in [0.5, 0.6) is 0 Å². The van der Waals surface area contributed by atoms with E-state index in [0.717, 1.165) is 4.90 Å². The topological polar surface area (TPSA) is 263 Å². The summed E-state index contributed by atoms with van der Waals surface area (Å²) in [5, 5.41) is 16.3. The van der Waals surface area contributed by atoms with Crippen molar-refractivity contribution in [1.82, 2.24) is 20.1 Å². The van der Waals surface area contributed by atoms with E-state index in [1.165, 1.54) is 36.0 Å². The molecule has 1 heterocycles. The van der Waals surface area contributed by atoms with Crippen LogP contribution < -0.4 is 0 Å². The maximum atomic E-state index is 14.7. The molecule has 0 aromatic heterocycles. The molecule has 24 nitrogen and oxygen atoms in total. The van der Waals surface area contributed by atoms with Crippen molar-refractivity contribution >= 4 is 46.6 Å². The van der Waals surface area contributed by atoms with Gasteiger partial charge >= 0.3 is 40.7 Å². The van der Waals surface area contributed by atoms with Crippen LogP contribution in [0.15, 0.2) is 0 Å². The van der Waals surface area contributed by atoms with Crippen molar-refractivity contribution in [2.45, 2.75) is 271 Å². The molecule has 0 radical (unpaired) electrons. The highest BCUT2D eigenvalue weighted by Gasteiger charge is 2.56. The molecule has 0 saturated carbocycles. The molecule has 85 heavy (non-hydrogen) atoms. The maximum absolute atomic E-state index is 14.7. The Bertz CT molecular complexity index is 2020. The standard InChI is InChI=1S/C58H115N4O20P3/c1-29-74-83(68,75-30-2)49(52(11,12)13)60(55(20,21)22)80-41(8)46(65)71-37-58(59-44(63)35-40(7)36-45(59)64,38-72-47(66)42(9)81-61(56(23,24)25)50(53(14,15)16)84(69,76-31-3)77-32-4)39-73-48(67)43(10)82-62(57(26,27)28)51(54(17,18)19)85(70,78-33-5)79-34-6/h40-44,49-51,63H,29-39H2,1-28H3/t40-,41?,42?,43?,44+,49?,50?,51?,58?/m0/s1. The van der Waals surface area contributed by atoms with Crippen LogP contribution in [0, 0.1) is 22.2 Å². The highest BCUT2D eigenvalue weighted by Crippen LogP contribution is 2.63. The summed E-state index contributed by atoms with van der Waals surface area (Å²) >= 11 is 0. The summed E-state index contributed by atoms with van der Waals surface area (Å²) in [6.45, 7) is 46.3. The Morgan fingerprint density at radius 2 is 0.706 bits per heavy atom. The minimum absolute atomic E-state index is 0.0131. The third-order valence-electron chi connectivity index (χ3n) is 13.2. The third kappa shape index (κ3) is 22.7. The molecule has 6 unspecified atom stereocenters. The number of carbonyl (C=O) groups is 4. The van der Waals surface area contributed by atoms with Crippen molar-refractivity contribution in [3.63, 3.8) is 0 Å². The summed E-state index contributed by atoms with van der Waals surface area (Å²) in [5.41, 5.74) is -7.64. The highest BCUT2D eigenvalue weighted by molar-refractivity contribution is 7.55. The monoisotopic (exact) mass is 1280 g/mol. The van der Waals surface area contributed by atoms with Crippen LogP contribution >= 0.6 is 22.8 Å². The van der Waals surface area contributed by atoms with Crippen LogP contribution in [-0.4, -0.2) is 173 Å². The molecule has 8 atom stereocenters. The first kappa shape index (κ1) is 81.1. The molecule has 0 aromatic carbocycles. The number of rotatable bonds is 34. The SMILES string of the molecule is CCOP(=O)(OCC)C(N(OC(C)C(=O)OCC(COC(=O)C(C)ON(C(C(C)(C)C)P(=O)(OCC)OCC)C(C)(C)C)(COC(=O)C(C)ON(C(C(C)(C)C)P(=O)(OCC)OCC)C(C)(C)C)N1C(=O)C[C@@H](C)C[C@H]1O)C(C)(C)C)C(C)(C)C. The Labute approximate surface area is 511 Å². The van der Waals surface area contributed by atoms with Gasteiger partial charge in [-0.15, -0.1) is 0 Å². The Morgan fingerprint density at radius 1 is 0.482 bits per heavy atom. The van der Waals surface area contributed by atoms with Crippen LogP contribution in [0.1, 0.15) is 207 Å². The van der Waals surface area contributed by atoms with Gasteiger partial charge in [-0.1, -0.05) is 69.2 Å². The van der Waals surface area contributed by atoms with Gasteiger partial charge in [0.2, 0.25) is 5.91 Å². The number of aliphatic hydroxyl groups excluding tert-OH is 1. The lowest BCUT2D eigenvalue weighted by Gasteiger charge is -2.49. The van der Waals surface area contributed by atoms with Crippen molar-refractivity contribution in [3.8, 4) is 0 Å². The fourth-order valence-electron chi connectivity index (χ4n) is 9.86. The predicted octanol–water partition coefficient (Wildman–Crippen LogP) is 12.1. The fourth-order valence-corrected chi connectivity index (χ4v) is 17.9. The minimum atomic E-state index is -4.02. The van der Waals surface area contributed by atoms with Gasteiger partial charge in [0.25, 0.3) is 0 Å². The van der Waals surface area contributed by atoms with E-state index in [-0.39, 0.29) is 58.4 Å². The van der Waals surface area contributed by atoms with Crippen molar-refractivity contribution < 1.29 is 93.8 Å². The molecular weight excluding hydrogens is 1170 g/mol. The molecule has 1 fully saturated rings. The first-order valence-electron chi connectivity index (χ1n) is 30.0. The number of likely N-dealkylation sites (tertiary alicyclic amines) is 1. The van der Waals surface area contributed by atoms with E-state index in [2.05, 4.69) is 0 Å². The van der Waals surface area contributed by atoms with Crippen molar-refractivity contribution in [3.05, 3.63) is 0 Å². The molecule has 1 amide bonds. The summed E-state index contributed by atoms with van der Waals surface area (Å²) in [6.07, 6.45) is -6.17. The van der Waals surface area contributed by atoms with E-state index in [0.29, 0.717) is 0 Å². The normalized spacial score (nSPS) is 19.6. The lowest BCUT2D eigenvalue weighted by Crippen LogP contribution is -2.66. The van der Waals surface area contributed by atoms with E-state index in [9.17, 15) is 38.0 Å². The zero-order valence-electron chi connectivity index (χ0n) is 57.2. The van der Waals surface area contributed by atoms with E-state index >= 15 is 0 Å². The van der Waals surface area contributed by atoms with Gasteiger partial charge in [0.1, 0.15) is 48.9 Å².